The molecular formula is C23H20F3N5O. The molecule has 3 heterocycles. The lowest BCUT2D eigenvalue weighted by molar-refractivity contribution is -0.142. The van der Waals surface area contributed by atoms with Gasteiger partial charge in [-0.1, -0.05) is 12.1 Å². The van der Waals surface area contributed by atoms with Crippen molar-refractivity contribution < 1.29 is 18.0 Å². The van der Waals surface area contributed by atoms with Crippen LogP contribution in [0.15, 0.2) is 61.1 Å². The van der Waals surface area contributed by atoms with Gasteiger partial charge >= 0.3 is 6.18 Å². The van der Waals surface area contributed by atoms with Crippen LogP contribution >= 0.6 is 0 Å². The van der Waals surface area contributed by atoms with Gasteiger partial charge in [-0.25, -0.2) is 9.50 Å². The van der Waals surface area contributed by atoms with Crippen LogP contribution in [-0.4, -0.2) is 25.1 Å². The first-order valence-corrected chi connectivity index (χ1v) is 10.3. The highest BCUT2D eigenvalue weighted by molar-refractivity contribution is 5.99. The molecule has 1 unspecified atom stereocenters. The normalized spacial score (nSPS) is 15.1. The minimum Gasteiger partial charge on any atom is -0.345 e. The van der Waals surface area contributed by atoms with Crippen molar-refractivity contribution in [1.29, 1.82) is 0 Å². The first-order valence-electron chi connectivity index (χ1n) is 10.3. The molecule has 0 spiro atoms. The monoisotopic (exact) mass is 439 g/mol. The Labute approximate surface area is 181 Å². The zero-order valence-corrected chi connectivity index (χ0v) is 17.2. The van der Waals surface area contributed by atoms with Gasteiger partial charge in [-0.2, -0.15) is 18.3 Å². The van der Waals surface area contributed by atoms with Crippen LogP contribution in [-0.2, 0) is 6.18 Å². The summed E-state index contributed by atoms with van der Waals surface area (Å²) in [5.41, 5.74) is 1.23. The van der Waals surface area contributed by atoms with Crippen molar-refractivity contribution in [3.05, 3.63) is 83.6 Å². The number of carbonyl (C=O) groups is 1. The van der Waals surface area contributed by atoms with E-state index in [1.807, 2.05) is 60.3 Å². The zero-order chi connectivity index (χ0) is 22.5. The molecule has 1 aliphatic rings. The second-order valence-corrected chi connectivity index (χ2v) is 8.01. The van der Waals surface area contributed by atoms with E-state index in [2.05, 4.69) is 15.4 Å². The molecule has 1 N–H and O–H groups in total. The number of fused-ring (bicyclic) bond motifs is 1. The van der Waals surface area contributed by atoms with Crippen LogP contribution in [0.2, 0.25) is 0 Å². The zero-order valence-electron chi connectivity index (χ0n) is 17.2. The van der Waals surface area contributed by atoms with E-state index >= 15 is 0 Å². The molecule has 1 aliphatic carbocycles. The number of nitrogens with one attached hydrogen (secondary N) is 1. The Morgan fingerprint density at radius 3 is 2.47 bits per heavy atom. The van der Waals surface area contributed by atoms with Crippen LogP contribution < -0.4 is 5.32 Å². The number of halogens is 3. The molecule has 0 saturated heterocycles. The van der Waals surface area contributed by atoms with E-state index in [0.29, 0.717) is 10.2 Å². The van der Waals surface area contributed by atoms with Crippen molar-refractivity contribution >= 4 is 11.6 Å². The molecule has 1 fully saturated rings. The van der Waals surface area contributed by atoms with Gasteiger partial charge in [0, 0.05) is 29.7 Å². The second kappa shape index (κ2) is 7.51. The minimum absolute atomic E-state index is 0.00430. The predicted octanol–water partition coefficient (Wildman–Crippen LogP) is 4.91. The number of amides is 1. The number of benzene rings is 1. The summed E-state index contributed by atoms with van der Waals surface area (Å²) < 4.78 is 43.4. The minimum atomic E-state index is -4.60. The summed E-state index contributed by atoms with van der Waals surface area (Å²) in [6.45, 7) is 1.82. The Balaban J connectivity index is 1.41. The Kier molecular flexibility index (Phi) is 4.76. The lowest BCUT2D eigenvalue weighted by atomic mass is 10.1. The van der Waals surface area contributed by atoms with Gasteiger partial charge in [0.25, 0.3) is 5.91 Å². The summed E-state index contributed by atoms with van der Waals surface area (Å²) in [6.07, 6.45) is 2.01. The third-order valence-electron chi connectivity index (χ3n) is 5.67. The highest BCUT2D eigenvalue weighted by atomic mass is 19.4. The highest BCUT2D eigenvalue weighted by Gasteiger charge is 2.38. The van der Waals surface area contributed by atoms with Gasteiger partial charge in [0.1, 0.15) is 11.3 Å². The summed E-state index contributed by atoms with van der Waals surface area (Å²) in [5, 5.41) is 6.66. The molecule has 0 bridgehead atoms. The van der Waals surface area contributed by atoms with Gasteiger partial charge in [-0.3, -0.25) is 4.79 Å². The van der Waals surface area contributed by atoms with Gasteiger partial charge in [0.05, 0.1) is 12.2 Å². The molecule has 6 nitrogen and oxygen atoms in total. The van der Waals surface area contributed by atoms with Crippen molar-refractivity contribution in [2.75, 3.05) is 0 Å². The van der Waals surface area contributed by atoms with Crippen molar-refractivity contribution in [2.24, 2.45) is 0 Å². The fourth-order valence-electron chi connectivity index (χ4n) is 3.73. The predicted molar refractivity (Wildman–Crippen MR) is 112 cm³/mol. The van der Waals surface area contributed by atoms with E-state index < -0.39 is 17.8 Å². The molecule has 164 valence electrons. The van der Waals surface area contributed by atoms with Crippen molar-refractivity contribution in [2.45, 2.75) is 37.9 Å². The van der Waals surface area contributed by atoms with E-state index in [1.165, 1.54) is 0 Å². The van der Waals surface area contributed by atoms with Gasteiger partial charge in [-0.05, 0) is 55.7 Å². The average molecular weight is 439 g/mol. The van der Waals surface area contributed by atoms with E-state index in [1.54, 1.807) is 0 Å². The van der Waals surface area contributed by atoms with E-state index in [9.17, 15) is 18.0 Å². The van der Waals surface area contributed by atoms with Crippen LogP contribution in [0.4, 0.5) is 13.2 Å². The maximum absolute atomic E-state index is 13.6. The number of carbonyl (C=O) groups excluding carboxylic acids is 1. The topological polar surface area (TPSA) is 64.2 Å². The lowest BCUT2D eigenvalue weighted by Gasteiger charge is -2.15. The molecule has 1 saturated carbocycles. The summed E-state index contributed by atoms with van der Waals surface area (Å²) in [4.78, 5) is 17.3. The molecule has 32 heavy (non-hydrogen) atoms. The number of nitrogens with zero attached hydrogens (tertiary/aromatic N) is 4. The Hall–Kier alpha value is -3.62. The number of aromatic nitrogens is 4. The largest absolute Gasteiger partial charge is 0.433 e. The first kappa shape index (κ1) is 20.3. The molecule has 0 radical (unpaired) electrons. The second-order valence-electron chi connectivity index (χ2n) is 8.01. The Morgan fingerprint density at radius 2 is 1.84 bits per heavy atom. The Morgan fingerprint density at radius 1 is 1.16 bits per heavy atom. The highest BCUT2D eigenvalue weighted by Crippen LogP contribution is 2.41. The van der Waals surface area contributed by atoms with Gasteiger partial charge in [0.15, 0.2) is 5.65 Å². The molecule has 1 amide bonds. The van der Waals surface area contributed by atoms with Crippen LogP contribution in [0.1, 0.15) is 59.0 Å². The van der Waals surface area contributed by atoms with E-state index in [0.717, 1.165) is 36.4 Å². The number of alkyl halides is 3. The quantitative estimate of drug-likeness (QED) is 0.481. The number of rotatable bonds is 5. The van der Waals surface area contributed by atoms with Crippen LogP contribution in [0.3, 0.4) is 0 Å². The SMILES string of the molecule is CC(NC(=O)c1cnn2c(C(F)(F)F)cc(C3CC3)nc12)c1ccc(-n2cccc2)cc1. The van der Waals surface area contributed by atoms with E-state index in [-0.39, 0.29) is 23.2 Å². The molecule has 0 aliphatic heterocycles. The molecular weight excluding hydrogens is 419 g/mol. The third-order valence-corrected chi connectivity index (χ3v) is 5.67. The Bertz CT molecular complexity index is 1270. The third kappa shape index (κ3) is 3.74. The maximum Gasteiger partial charge on any atom is 0.433 e. The van der Waals surface area contributed by atoms with E-state index in [4.69, 9.17) is 0 Å². The summed E-state index contributed by atoms with van der Waals surface area (Å²) in [5.74, 6) is -0.514. The standard InChI is InChI=1S/C23H20F3N5O/c1-14(15-6-8-17(9-7-15)30-10-2-3-11-30)28-22(32)18-13-27-31-20(23(24,25)26)12-19(16-4-5-16)29-21(18)31/h2-3,6-14,16H,4-5H2,1H3,(H,28,32). The molecule has 1 aromatic carbocycles. The van der Waals surface area contributed by atoms with Crippen LogP contribution in [0, 0.1) is 0 Å². The maximum atomic E-state index is 13.6. The van der Waals surface area contributed by atoms with Crippen LogP contribution in [0.25, 0.3) is 11.3 Å². The lowest BCUT2D eigenvalue weighted by Crippen LogP contribution is -2.27. The smallest absolute Gasteiger partial charge is 0.345 e. The number of hydrogen-bond acceptors (Lipinski definition) is 3. The van der Waals surface area contributed by atoms with Crippen molar-refractivity contribution in [1.82, 2.24) is 24.5 Å². The molecule has 1 atom stereocenters. The molecule has 5 rings (SSSR count). The first-order chi connectivity index (χ1) is 15.3. The van der Waals surface area contributed by atoms with Crippen molar-refractivity contribution in [3.63, 3.8) is 0 Å². The summed E-state index contributed by atoms with van der Waals surface area (Å²) in [6, 6.07) is 12.2. The van der Waals surface area contributed by atoms with Gasteiger partial charge in [0.2, 0.25) is 0 Å². The van der Waals surface area contributed by atoms with Gasteiger partial charge in [-0.15, -0.1) is 0 Å². The van der Waals surface area contributed by atoms with Crippen molar-refractivity contribution in [3.8, 4) is 5.69 Å². The molecule has 3 aromatic heterocycles. The fourth-order valence-corrected chi connectivity index (χ4v) is 3.73. The summed E-state index contributed by atoms with van der Waals surface area (Å²) in [7, 11) is 0. The fraction of sp³-hybridized carbons (Fsp3) is 0.261. The van der Waals surface area contributed by atoms with Gasteiger partial charge < -0.3 is 9.88 Å². The molecule has 4 aromatic rings. The summed E-state index contributed by atoms with van der Waals surface area (Å²) >= 11 is 0. The molecule has 9 heteroatoms. The van der Waals surface area contributed by atoms with Crippen LogP contribution in [0.5, 0.6) is 0 Å². The number of hydrogen-bond donors (Lipinski definition) is 1. The average Bonchev–Trinajstić information content (AvgIpc) is 3.30.